The molecule has 31 heavy (non-hydrogen) atoms. The van der Waals surface area contributed by atoms with E-state index >= 15 is 0 Å². The summed E-state index contributed by atoms with van der Waals surface area (Å²) in [6.45, 7) is 1.36. The van der Waals surface area contributed by atoms with Crippen LogP contribution in [0.2, 0.25) is 0 Å². The van der Waals surface area contributed by atoms with Gasteiger partial charge in [-0.15, -0.1) is 0 Å². The molecule has 1 aliphatic rings. The molecule has 9 nitrogen and oxygen atoms in total. The van der Waals surface area contributed by atoms with Crippen molar-refractivity contribution in [1.29, 1.82) is 0 Å². The maximum atomic E-state index is 12.7. The lowest BCUT2D eigenvalue weighted by molar-refractivity contribution is -0.124. The second kappa shape index (κ2) is 10.5. The third-order valence-electron chi connectivity index (χ3n) is 4.98. The molecule has 1 fully saturated rings. The Morgan fingerprint density at radius 2 is 1.65 bits per heavy atom. The first-order chi connectivity index (χ1) is 15.0. The smallest absolute Gasteiger partial charge is 0.415 e. The topological polar surface area (TPSA) is 98.4 Å². The van der Waals surface area contributed by atoms with Gasteiger partial charge < -0.3 is 34.5 Å². The highest BCUT2D eigenvalue weighted by atomic mass is 16.6. The zero-order valence-electron chi connectivity index (χ0n) is 17.8. The summed E-state index contributed by atoms with van der Waals surface area (Å²) in [6, 6.07) is 11.6. The van der Waals surface area contributed by atoms with E-state index in [4.69, 9.17) is 18.9 Å². The average Bonchev–Trinajstić information content (AvgIpc) is 2.82. The number of nitrogens with zero attached hydrogens (tertiary/aromatic N) is 1. The minimum atomic E-state index is -0.558. The lowest BCUT2D eigenvalue weighted by atomic mass is 10.1. The summed E-state index contributed by atoms with van der Waals surface area (Å²) in [4.78, 5) is 26.7. The van der Waals surface area contributed by atoms with E-state index in [2.05, 4.69) is 10.6 Å². The molecule has 2 aromatic carbocycles. The van der Waals surface area contributed by atoms with Crippen molar-refractivity contribution in [1.82, 2.24) is 15.5 Å². The van der Waals surface area contributed by atoms with Gasteiger partial charge in [0.05, 0.1) is 33.4 Å². The molecule has 0 aromatic heterocycles. The van der Waals surface area contributed by atoms with Gasteiger partial charge in [-0.25, -0.2) is 4.79 Å². The number of piperazine rings is 1. The number of rotatable bonds is 7. The second-order valence-corrected chi connectivity index (χ2v) is 6.86. The fraction of sp³-hybridized carbons (Fsp3) is 0.364. The number of amides is 2. The largest absolute Gasteiger partial charge is 0.497 e. The lowest BCUT2D eigenvalue weighted by Gasteiger charge is -2.32. The van der Waals surface area contributed by atoms with Crippen LogP contribution in [0.3, 0.4) is 0 Å². The van der Waals surface area contributed by atoms with Crippen molar-refractivity contribution >= 4 is 12.0 Å². The maximum absolute atomic E-state index is 12.7. The minimum absolute atomic E-state index is 0.198. The summed E-state index contributed by atoms with van der Waals surface area (Å²) in [7, 11) is 4.70. The lowest BCUT2D eigenvalue weighted by Crippen LogP contribution is -2.58. The standard InChI is InChI=1S/C22H27N3O6/c1-28-15-7-9-16(10-8-15)31-22(27)25-12-11-23-18(14-25)21(26)24-13-17-19(29-2)5-4-6-20(17)30-3/h4-10,18,23H,11-14H2,1-3H3,(H,24,26). The van der Waals surface area contributed by atoms with Gasteiger partial charge in [-0.3, -0.25) is 4.79 Å². The SMILES string of the molecule is COc1ccc(OC(=O)N2CCNC(C(=O)NCc3c(OC)cccc3OC)C2)cc1. The summed E-state index contributed by atoms with van der Waals surface area (Å²) in [5.41, 5.74) is 0.743. The zero-order valence-corrected chi connectivity index (χ0v) is 17.8. The highest BCUT2D eigenvalue weighted by Gasteiger charge is 2.29. The first-order valence-electron chi connectivity index (χ1n) is 9.87. The number of hydrogen-bond donors (Lipinski definition) is 2. The van der Waals surface area contributed by atoms with Crippen LogP contribution in [0.25, 0.3) is 0 Å². The quantitative estimate of drug-likeness (QED) is 0.693. The fourth-order valence-electron chi connectivity index (χ4n) is 3.30. The Bertz CT molecular complexity index is 880. The van der Waals surface area contributed by atoms with Gasteiger partial charge in [0, 0.05) is 19.6 Å². The van der Waals surface area contributed by atoms with E-state index < -0.39 is 12.1 Å². The number of carbonyl (C=O) groups is 2. The van der Waals surface area contributed by atoms with Gasteiger partial charge >= 0.3 is 6.09 Å². The normalized spacial score (nSPS) is 15.7. The number of hydrogen-bond acceptors (Lipinski definition) is 7. The first-order valence-corrected chi connectivity index (χ1v) is 9.87. The molecular weight excluding hydrogens is 402 g/mol. The number of benzene rings is 2. The van der Waals surface area contributed by atoms with Gasteiger partial charge in [0.2, 0.25) is 5.91 Å². The predicted octanol–water partition coefficient (Wildman–Crippen LogP) is 1.80. The molecule has 2 aromatic rings. The monoisotopic (exact) mass is 429 g/mol. The number of methoxy groups -OCH3 is 3. The molecule has 1 heterocycles. The molecule has 1 atom stereocenters. The molecule has 0 bridgehead atoms. The first kappa shape index (κ1) is 22.2. The Balaban J connectivity index is 1.57. The zero-order chi connectivity index (χ0) is 22.2. The van der Waals surface area contributed by atoms with Gasteiger partial charge in [0.25, 0.3) is 0 Å². The highest BCUT2D eigenvalue weighted by Crippen LogP contribution is 2.28. The number of nitrogens with one attached hydrogen (secondary N) is 2. The van der Waals surface area contributed by atoms with Crippen LogP contribution >= 0.6 is 0 Å². The maximum Gasteiger partial charge on any atom is 0.415 e. The van der Waals surface area contributed by atoms with Crippen molar-refractivity contribution in [2.24, 2.45) is 0 Å². The molecule has 3 rings (SSSR count). The van der Waals surface area contributed by atoms with Crippen molar-refractivity contribution in [2.75, 3.05) is 41.0 Å². The van der Waals surface area contributed by atoms with Crippen LogP contribution in [-0.4, -0.2) is 63.9 Å². The van der Waals surface area contributed by atoms with E-state index in [1.165, 1.54) is 4.90 Å². The van der Waals surface area contributed by atoms with Gasteiger partial charge in [-0.2, -0.15) is 0 Å². The molecule has 2 N–H and O–H groups in total. The van der Waals surface area contributed by atoms with Crippen LogP contribution in [0.15, 0.2) is 42.5 Å². The second-order valence-electron chi connectivity index (χ2n) is 6.86. The molecule has 0 radical (unpaired) electrons. The Kier molecular flexibility index (Phi) is 7.55. The van der Waals surface area contributed by atoms with Gasteiger partial charge in [-0.05, 0) is 36.4 Å². The summed E-state index contributed by atoms with van der Waals surface area (Å²) in [5, 5.41) is 6.02. The predicted molar refractivity (Wildman–Crippen MR) is 114 cm³/mol. The van der Waals surface area contributed by atoms with E-state index in [9.17, 15) is 9.59 Å². The fourth-order valence-corrected chi connectivity index (χ4v) is 3.30. The van der Waals surface area contributed by atoms with Crippen molar-refractivity contribution in [3.63, 3.8) is 0 Å². The summed E-state index contributed by atoms with van der Waals surface area (Å²) in [5.74, 6) is 2.11. The molecule has 0 aliphatic carbocycles. The van der Waals surface area contributed by atoms with E-state index in [0.29, 0.717) is 36.1 Å². The van der Waals surface area contributed by atoms with Gasteiger partial charge in [0.15, 0.2) is 0 Å². The number of ether oxygens (including phenoxy) is 4. The highest BCUT2D eigenvalue weighted by molar-refractivity contribution is 5.83. The van der Waals surface area contributed by atoms with Crippen molar-refractivity contribution in [3.05, 3.63) is 48.0 Å². The van der Waals surface area contributed by atoms with Crippen molar-refractivity contribution in [2.45, 2.75) is 12.6 Å². The Morgan fingerprint density at radius 1 is 1.00 bits per heavy atom. The summed E-state index contributed by atoms with van der Waals surface area (Å²) in [6.07, 6.45) is -0.504. The van der Waals surface area contributed by atoms with Crippen LogP contribution in [0.4, 0.5) is 4.79 Å². The third kappa shape index (κ3) is 5.58. The Hall–Kier alpha value is -3.46. The summed E-state index contributed by atoms with van der Waals surface area (Å²) < 4.78 is 21.2. The molecule has 1 aliphatic heterocycles. The van der Waals surface area contributed by atoms with Crippen LogP contribution < -0.4 is 29.6 Å². The third-order valence-corrected chi connectivity index (χ3v) is 4.98. The number of carbonyl (C=O) groups excluding carboxylic acids is 2. The molecular formula is C22H27N3O6. The summed E-state index contributed by atoms with van der Waals surface area (Å²) >= 11 is 0. The van der Waals surface area contributed by atoms with Crippen LogP contribution in [-0.2, 0) is 11.3 Å². The molecule has 9 heteroatoms. The average molecular weight is 429 g/mol. The molecule has 2 amide bonds. The van der Waals surface area contributed by atoms with Crippen LogP contribution in [0.1, 0.15) is 5.56 Å². The van der Waals surface area contributed by atoms with E-state index in [-0.39, 0.29) is 19.0 Å². The Morgan fingerprint density at radius 3 is 2.26 bits per heavy atom. The Labute approximate surface area is 181 Å². The van der Waals surface area contributed by atoms with Gasteiger partial charge in [0.1, 0.15) is 29.0 Å². The van der Waals surface area contributed by atoms with Crippen LogP contribution in [0.5, 0.6) is 23.0 Å². The van der Waals surface area contributed by atoms with Crippen molar-refractivity contribution in [3.8, 4) is 23.0 Å². The molecule has 0 saturated carbocycles. The molecule has 166 valence electrons. The van der Waals surface area contributed by atoms with E-state index in [1.807, 2.05) is 6.07 Å². The minimum Gasteiger partial charge on any atom is -0.497 e. The molecule has 1 saturated heterocycles. The molecule has 1 unspecified atom stereocenters. The van der Waals surface area contributed by atoms with Gasteiger partial charge in [-0.1, -0.05) is 6.07 Å². The van der Waals surface area contributed by atoms with E-state index in [0.717, 1.165) is 5.56 Å². The van der Waals surface area contributed by atoms with E-state index in [1.54, 1.807) is 57.7 Å². The van der Waals surface area contributed by atoms with Crippen LogP contribution in [0, 0.1) is 0 Å². The van der Waals surface area contributed by atoms with Crippen molar-refractivity contribution < 1.29 is 28.5 Å². The molecule has 0 spiro atoms.